The second-order valence-electron chi connectivity index (χ2n) is 8.70. The van der Waals surface area contributed by atoms with Gasteiger partial charge in [0.2, 0.25) is 0 Å². The van der Waals surface area contributed by atoms with Crippen molar-refractivity contribution in [1.29, 1.82) is 0 Å². The molecule has 13 heteroatoms. The Labute approximate surface area is 169 Å². The van der Waals surface area contributed by atoms with E-state index < -0.39 is 51.0 Å². The molecule has 0 aromatic carbocycles. The zero-order valence-corrected chi connectivity index (χ0v) is 18.3. The summed E-state index contributed by atoms with van der Waals surface area (Å²) in [5.41, 5.74) is 0. The minimum absolute atomic E-state index is 0.0790. The number of rotatable bonds is 11. The van der Waals surface area contributed by atoms with Crippen LogP contribution < -0.4 is 0 Å². The highest BCUT2D eigenvalue weighted by Gasteiger charge is 2.86. The normalized spacial score (nSPS) is 15.6. The van der Waals surface area contributed by atoms with Crippen molar-refractivity contribution in [2.75, 3.05) is 6.61 Å². The van der Waals surface area contributed by atoms with E-state index in [1.54, 1.807) is 0 Å². The van der Waals surface area contributed by atoms with Gasteiger partial charge in [0.1, 0.15) is 0 Å². The predicted molar refractivity (Wildman–Crippen MR) is 92.1 cm³/mol. The standard InChI is InChI=1S/C17H27F11OSi/c1-12(2,3)30(4,5)29-11-9-7-6-8-10-13(18,19)14(20,21)15(22,23)16(24,25)17(26,27)28/h6-11H2,1-5H3. The Kier molecular flexibility index (Phi) is 8.93. The molecule has 0 amide bonds. The van der Waals surface area contributed by atoms with Crippen LogP contribution in [0.4, 0.5) is 48.3 Å². The Bertz CT molecular complexity index is 551. The quantitative estimate of drug-likeness (QED) is 0.164. The van der Waals surface area contributed by atoms with Gasteiger partial charge < -0.3 is 4.43 Å². The van der Waals surface area contributed by atoms with E-state index in [2.05, 4.69) is 0 Å². The van der Waals surface area contributed by atoms with Crippen molar-refractivity contribution >= 4 is 8.32 Å². The van der Waals surface area contributed by atoms with Crippen molar-refractivity contribution in [2.45, 2.75) is 101 Å². The van der Waals surface area contributed by atoms with Crippen LogP contribution in [-0.2, 0) is 4.43 Å². The van der Waals surface area contributed by atoms with Gasteiger partial charge in [-0.1, -0.05) is 33.6 Å². The molecule has 0 spiro atoms. The van der Waals surface area contributed by atoms with Crippen LogP contribution in [0.5, 0.6) is 0 Å². The van der Waals surface area contributed by atoms with Crippen LogP contribution in [0.3, 0.4) is 0 Å². The first-order valence-electron chi connectivity index (χ1n) is 9.18. The number of hydrogen-bond acceptors (Lipinski definition) is 1. The summed E-state index contributed by atoms with van der Waals surface area (Å²) in [4.78, 5) is 0. The number of halogens is 11. The van der Waals surface area contributed by atoms with Gasteiger partial charge in [-0.05, 0) is 31.0 Å². The Morgan fingerprint density at radius 3 is 1.43 bits per heavy atom. The van der Waals surface area contributed by atoms with Crippen LogP contribution in [0.15, 0.2) is 0 Å². The van der Waals surface area contributed by atoms with Crippen molar-refractivity contribution in [3.05, 3.63) is 0 Å². The van der Waals surface area contributed by atoms with Crippen molar-refractivity contribution in [2.24, 2.45) is 0 Å². The Hall–Kier alpha value is -0.593. The predicted octanol–water partition coefficient (Wildman–Crippen LogP) is 8.06. The second kappa shape index (κ2) is 9.11. The lowest BCUT2D eigenvalue weighted by molar-refractivity contribution is -0.422. The third-order valence-electron chi connectivity index (χ3n) is 5.26. The topological polar surface area (TPSA) is 9.23 Å². The summed E-state index contributed by atoms with van der Waals surface area (Å²) in [6.07, 6.45) is -9.45. The Balaban J connectivity index is 4.79. The van der Waals surface area contributed by atoms with Gasteiger partial charge in [0.15, 0.2) is 8.32 Å². The highest BCUT2D eigenvalue weighted by Crippen LogP contribution is 2.58. The molecule has 1 nitrogen and oxygen atoms in total. The minimum Gasteiger partial charge on any atom is -0.417 e. The number of hydrogen-bond donors (Lipinski definition) is 0. The lowest BCUT2D eigenvalue weighted by Gasteiger charge is -2.37. The van der Waals surface area contributed by atoms with Gasteiger partial charge in [-0.25, -0.2) is 0 Å². The van der Waals surface area contributed by atoms with E-state index in [4.69, 9.17) is 4.43 Å². The Morgan fingerprint density at radius 1 is 0.600 bits per heavy atom. The largest absolute Gasteiger partial charge is 0.460 e. The molecular weight excluding hydrogens is 457 g/mol. The maximum atomic E-state index is 13.5. The van der Waals surface area contributed by atoms with Crippen LogP contribution >= 0.6 is 0 Å². The van der Waals surface area contributed by atoms with Gasteiger partial charge in [-0.15, -0.1) is 0 Å². The molecule has 0 aliphatic rings. The van der Waals surface area contributed by atoms with Crippen molar-refractivity contribution in [3.8, 4) is 0 Å². The van der Waals surface area contributed by atoms with Gasteiger partial charge in [-0.2, -0.15) is 48.3 Å². The van der Waals surface area contributed by atoms with Gasteiger partial charge in [0.25, 0.3) is 0 Å². The lowest BCUT2D eigenvalue weighted by atomic mass is 9.94. The zero-order chi connectivity index (χ0) is 24.4. The second-order valence-corrected chi connectivity index (χ2v) is 13.5. The highest BCUT2D eigenvalue weighted by molar-refractivity contribution is 6.74. The van der Waals surface area contributed by atoms with E-state index in [0.29, 0.717) is 6.42 Å². The highest BCUT2D eigenvalue weighted by atomic mass is 28.4. The molecule has 0 saturated carbocycles. The van der Waals surface area contributed by atoms with Crippen LogP contribution in [0.1, 0.15) is 52.9 Å². The van der Waals surface area contributed by atoms with E-state index in [-0.39, 0.29) is 24.5 Å². The van der Waals surface area contributed by atoms with Crippen molar-refractivity contribution in [1.82, 2.24) is 0 Å². The molecule has 0 heterocycles. The van der Waals surface area contributed by atoms with Gasteiger partial charge in [-0.3, -0.25) is 0 Å². The fourth-order valence-corrected chi connectivity index (χ4v) is 3.20. The smallest absolute Gasteiger partial charge is 0.417 e. The third-order valence-corrected chi connectivity index (χ3v) is 9.80. The average Bonchev–Trinajstić information content (AvgIpc) is 2.50. The summed E-state index contributed by atoms with van der Waals surface area (Å²) in [5.74, 6) is -27.3. The first kappa shape index (κ1) is 29.4. The van der Waals surface area contributed by atoms with E-state index in [0.717, 1.165) is 0 Å². The van der Waals surface area contributed by atoms with Gasteiger partial charge in [0, 0.05) is 13.0 Å². The van der Waals surface area contributed by atoms with Crippen LogP contribution in [0, 0.1) is 0 Å². The molecule has 0 aromatic heterocycles. The molecular formula is C17H27F11OSi. The van der Waals surface area contributed by atoms with Gasteiger partial charge in [0.05, 0.1) is 0 Å². The Morgan fingerprint density at radius 2 is 1.03 bits per heavy atom. The van der Waals surface area contributed by atoms with E-state index in [1.165, 1.54) is 0 Å². The molecule has 182 valence electrons. The summed E-state index contributed by atoms with van der Waals surface area (Å²) >= 11 is 0. The van der Waals surface area contributed by atoms with Crippen molar-refractivity contribution < 1.29 is 52.7 Å². The third kappa shape index (κ3) is 6.01. The molecule has 0 aliphatic heterocycles. The van der Waals surface area contributed by atoms with Gasteiger partial charge >= 0.3 is 29.9 Å². The fourth-order valence-electron chi connectivity index (χ4n) is 2.11. The summed E-state index contributed by atoms with van der Waals surface area (Å²) in [6.45, 7) is 10.1. The molecule has 0 unspecified atom stereocenters. The first-order chi connectivity index (χ1) is 13.0. The maximum absolute atomic E-state index is 13.5. The monoisotopic (exact) mass is 484 g/mol. The van der Waals surface area contributed by atoms with E-state index in [1.807, 2.05) is 33.9 Å². The van der Waals surface area contributed by atoms with Crippen molar-refractivity contribution in [3.63, 3.8) is 0 Å². The van der Waals surface area contributed by atoms with E-state index in [9.17, 15) is 48.3 Å². The first-order valence-corrected chi connectivity index (χ1v) is 12.1. The SMILES string of the molecule is CC(C)(C)[Si](C)(C)OCCCCCCC(F)(F)C(F)(F)C(F)(F)C(F)(F)C(F)(F)F. The maximum Gasteiger partial charge on any atom is 0.460 e. The molecule has 0 bridgehead atoms. The molecule has 0 aromatic rings. The summed E-state index contributed by atoms with van der Waals surface area (Å²) in [6, 6.07) is 0. The molecule has 0 radical (unpaired) electrons. The lowest BCUT2D eigenvalue weighted by Crippen LogP contribution is -2.66. The number of alkyl halides is 11. The molecule has 0 rings (SSSR count). The van der Waals surface area contributed by atoms with E-state index >= 15 is 0 Å². The molecule has 0 N–H and O–H groups in total. The average molecular weight is 484 g/mol. The molecule has 0 atom stereocenters. The zero-order valence-electron chi connectivity index (χ0n) is 17.3. The summed E-state index contributed by atoms with van der Waals surface area (Å²) in [5, 5.41) is -0.0790. The molecule has 30 heavy (non-hydrogen) atoms. The fraction of sp³-hybridized carbons (Fsp3) is 1.00. The molecule has 0 fully saturated rings. The minimum atomic E-state index is -7.33. The van der Waals surface area contributed by atoms with Crippen LogP contribution in [0.25, 0.3) is 0 Å². The summed E-state index contributed by atoms with van der Waals surface area (Å²) < 4.78 is 147. The molecule has 0 saturated heterocycles. The summed E-state index contributed by atoms with van der Waals surface area (Å²) in [7, 11) is -2.05. The molecule has 0 aliphatic carbocycles. The van der Waals surface area contributed by atoms with Crippen LogP contribution in [0.2, 0.25) is 18.1 Å². The van der Waals surface area contributed by atoms with Crippen LogP contribution in [-0.4, -0.2) is 44.8 Å². The number of unbranched alkanes of at least 4 members (excludes halogenated alkanes) is 3.